The van der Waals surface area contributed by atoms with Crippen molar-refractivity contribution in [1.82, 2.24) is 0 Å². The van der Waals surface area contributed by atoms with Crippen molar-refractivity contribution >= 4 is 40.3 Å². The Morgan fingerprint density at radius 2 is 2.24 bits per heavy atom. The van der Waals surface area contributed by atoms with Crippen LogP contribution >= 0.6 is 22.7 Å². The van der Waals surface area contributed by atoms with E-state index < -0.39 is 5.97 Å². The molecule has 0 aliphatic rings. The number of rotatable bonds is 4. The predicted molar refractivity (Wildman–Crippen MR) is 73.5 cm³/mol. The molecule has 0 aromatic carbocycles. The number of carboxylic acids is 1. The maximum absolute atomic E-state index is 11.2. The first-order valence-electron chi connectivity index (χ1n) is 5.28. The Morgan fingerprint density at radius 3 is 2.76 bits per heavy atom. The molecule has 17 heavy (non-hydrogen) atoms. The molecule has 0 bridgehead atoms. The minimum atomic E-state index is -0.876. The van der Waals surface area contributed by atoms with Crippen LogP contribution in [-0.4, -0.2) is 11.1 Å². The third kappa shape index (κ3) is 2.84. The fourth-order valence-corrected chi connectivity index (χ4v) is 3.10. The van der Waals surface area contributed by atoms with Crippen LogP contribution in [0.1, 0.15) is 21.6 Å². The van der Waals surface area contributed by atoms with E-state index in [9.17, 15) is 9.90 Å². The van der Waals surface area contributed by atoms with E-state index in [4.69, 9.17) is 0 Å². The van der Waals surface area contributed by atoms with E-state index in [1.807, 2.05) is 29.6 Å². The van der Waals surface area contributed by atoms with Crippen LogP contribution in [0.4, 0.5) is 0 Å². The van der Waals surface area contributed by atoms with Gasteiger partial charge in [-0.05, 0) is 36.1 Å². The van der Waals surface area contributed by atoms with E-state index >= 15 is 0 Å². The van der Waals surface area contributed by atoms with Gasteiger partial charge >= 0.3 is 5.97 Å². The number of hydrogen-bond acceptors (Lipinski definition) is 3. The summed E-state index contributed by atoms with van der Waals surface area (Å²) >= 11 is 3.09. The SMILES string of the molecule is CCc1ccc(/C=C(/C(=O)O)c2cccs2)s1. The molecule has 2 heterocycles. The standard InChI is InChI=1S/C13H12O2S2/c1-2-9-5-6-10(17-9)8-11(13(14)15)12-4-3-7-16-12/h3-8H,2H2,1H3,(H,14,15)/b11-8+. The van der Waals surface area contributed by atoms with Crippen molar-refractivity contribution in [2.24, 2.45) is 0 Å². The van der Waals surface area contributed by atoms with Gasteiger partial charge in [-0.3, -0.25) is 0 Å². The smallest absolute Gasteiger partial charge is 0.337 e. The monoisotopic (exact) mass is 264 g/mol. The summed E-state index contributed by atoms with van der Waals surface area (Å²) < 4.78 is 0. The topological polar surface area (TPSA) is 37.3 Å². The lowest BCUT2D eigenvalue weighted by Crippen LogP contribution is -1.97. The third-order valence-electron chi connectivity index (χ3n) is 2.33. The summed E-state index contributed by atoms with van der Waals surface area (Å²) in [5.74, 6) is -0.876. The Labute approximate surface area is 108 Å². The maximum atomic E-state index is 11.2. The Balaban J connectivity index is 2.36. The average Bonchev–Trinajstić information content (AvgIpc) is 2.96. The zero-order valence-electron chi connectivity index (χ0n) is 9.34. The second kappa shape index (κ2) is 5.29. The van der Waals surface area contributed by atoms with Crippen LogP contribution in [0.5, 0.6) is 0 Å². The molecule has 0 aliphatic carbocycles. The largest absolute Gasteiger partial charge is 0.478 e. The molecule has 0 fully saturated rings. The van der Waals surface area contributed by atoms with Gasteiger partial charge in [0.05, 0.1) is 5.57 Å². The lowest BCUT2D eigenvalue weighted by molar-refractivity contribution is -0.130. The van der Waals surface area contributed by atoms with Crippen molar-refractivity contribution in [3.63, 3.8) is 0 Å². The Bertz CT molecular complexity index is 536. The summed E-state index contributed by atoms with van der Waals surface area (Å²) in [7, 11) is 0. The van der Waals surface area contributed by atoms with Crippen LogP contribution in [0, 0.1) is 0 Å². The summed E-state index contributed by atoms with van der Waals surface area (Å²) in [5.41, 5.74) is 0.365. The number of carbonyl (C=O) groups is 1. The highest BCUT2D eigenvalue weighted by molar-refractivity contribution is 7.13. The van der Waals surface area contributed by atoms with E-state index in [0.29, 0.717) is 5.57 Å². The van der Waals surface area contributed by atoms with Crippen molar-refractivity contribution in [1.29, 1.82) is 0 Å². The molecule has 0 radical (unpaired) electrons. The minimum absolute atomic E-state index is 0.365. The van der Waals surface area contributed by atoms with Crippen LogP contribution in [0.3, 0.4) is 0 Å². The lowest BCUT2D eigenvalue weighted by atomic mass is 10.2. The fraction of sp³-hybridized carbons (Fsp3) is 0.154. The molecule has 2 aromatic heterocycles. The van der Waals surface area contributed by atoms with Gasteiger partial charge in [0, 0.05) is 14.6 Å². The zero-order valence-corrected chi connectivity index (χ0v) is 11.0. The second-order valence-corrected chi connectivity index (χ2v) is 5.65. The molecule has 88 valence electrons. The van der Waals surface area contributed by atoms with Gasteiger partial charge in [0.2, 0.25) is 0 Å². The van der Waals surface area contributed by atoms with Gasteiger partial charge in [-0.25, -0.2) is 4.79 Å². The molecule has 2 nitrogen and oxygen atoms in total. The van der Waals surface area contributed by atoms with Gasteiger partial charge in [-0.2, -0.15) is 0 Å². The molecule has 2 aromatic rings. The van der Waals surface area contributed by atoms with Gasteiger partial charge in [-0.15, -0.1) is 22.7 Å². The number of carboxylic acid groups (broad SMARTS) is 1. The minimum Gasteiger partial charge on any atom is -0.478 e. The van der Waals surface area contributed by atoms with Gasteiger partial charge in [0.15, 0.2) is 0 Å². The van der Waals surface area contributed by atoms with Gasteiger partial charge < -0.3 is 5.11 Å². The molecular weight excluding hydrogens is 252 g/mol. The average molecular weight is 264 g/mol. The second-order valence-electron chi connectivity index (χ2n) is 3.50. The molecule has 1 N–H and O–H groups in total. The fourth-order valence-electron chi connectivity index (χ4n) is 1.47. The van der Waals surface area contributed by atoms with E-state index in [-0.39, 0.29) is 0 Å². The first-order valence-corrected chi connectivity index (χ1v) is 6.98. The molecule has 2 rings (SSSR count). The summed E-state index contributed by atoms with van der Waals surface area (Å²) in [4.78, 5) is 14.3. The van der Waals surface area contributed by atoms with Crippen LogP contribution in [0.2, 0.25) is 0 Å². The van der Waals surface area contributed by atoms with Gasteiger partial charge in [0.1, 0.15) is 0 Å². The predicted octanol–water partition coefficient (Wildman–Crippen LogP) is 4.00. The quantitative estimate of drug-likeness (QED) is 0.848. The van der Waals surface area contributed by atoms with E-state index in [0.717, 1.165) is 16.2 Å². The van der Waals surface area contributed by atoms with Crippen molar-refractivity contribution in [2.75, 3.05) is 0 Å². The maximum Gasteiger partial charge on any atom is 0.337 e. The first kappa shape index (κ1) is 12.1. The Morgan fingerprint density at radius 1 is 1.41 bits per heavy atom. The number of aryl methyl sites for hydroxylation is 1. The molecule has 0 amide bonds. The highest BCUT2D eigenvalue weighted by Crippen LogP contribution is 2.26. The lowest BCUT2D eigenvalue weighted by Gasteiger charge is -1.97. The zero-order chi connectivity index (χ0) is 12.3. The highest BCUT2D eigenvalue weighted by atomic mass is 32.1. The highest BCUT2D eigenvalue weighted by Gasteiger charge is 2.11. The van der Waals surface area contributed by atoms with Gasteiger partial charge in [-0.1, -0.05) is 13.0 Å². The molecule has 0 spiro atoms. The van der Waals surface area contributed by atoms with Crippen molar-refractivity contribution in [3.05, 3.63) is 44.3 Å². The molecule has 0 saturated carbocycles. The van der Waals surface area contributed by atoms with Crippen LogP contribution in [0.25, 0.3) is 11.6 Å². The summed E-state index contributed by atoms with van der Waals surface area (Å²) in [6, 6.07) is 7.71. The number of aliphatic carboxylic acids is 1. The summed E-state index contributed by atoms with van der Waals surface area (Å²) in [6.07, 6.45) is 2.73. The molecule has 0 atom stereocenters. The first-order chi connectivity index (χ1) is 8.20. The Kier molecular flexibility index (Phi) is 3.76. The third-order valence-corrected chi connectivity index (χ3v) is 4.41. The molecule has 4 heteroatoms. The van der Waals surface area contributed by atoms with Crippen molar-refractivity contribution < 1.29 is 9.90 Å². The van der Waals surface area contributed by atoms with Crippen LogP contribution < -0.4 is 0 Å². The molecular formula is C13H12O2S2. The van der Waals surface area contributed by atoms with E-state index in [2.05, 4.69) is 6.92 Å². The Hall–Kier alpha value is -1.39. The van der Waals surface area contributed by atoms with Crippen LogP contribution in [0.15, 0.2) is 29.6 Å². The van der Waals surface area contributed by atoms with E-state index in [1.54, 1.807) is 17.4 Å². The number of hydrogen-bond donors (Lipinski definition) is 1. The summed E-state index contributed by atoms with van der Waals surface area (Å²) in [5, 5.41) is 11.1. The number of thiophene rings is 2. The normalized spacial score (nSPS) is 11.7. The van der Waals surface area contributed by atoms with Crippen molar-refractivity contribution in [3.8, 4) is 0 Å². The molecule has 0 saturated heterocycles. The molecule has 0 unspecified atom stereocenters. The molecule has 0 aliphatic heterocycles. The van der Waals surface area contributed by atoms with Gasteiger partial charge in [0.25, 0.3) is 0 Å². The van der Waals surface area contributed by atoms with Crippen LogP contribution in [-0.2, 0) is 11.2 Å². The van der Waals surface area contributed by atoms with Crippen molar-refractivity contribution in [2.45, 2.75) is 13.3 Å². The van der Waals surface area contributed by atoms with E-state index in [1.165, 1.54) is 16.2 Å². The summed E-state index contributed by atoms with van der Waals surface area (Å²) in [6.45, 7) is 2.09.